The Hall–Kier alpha value is -2.04. The Morgan fingerprint density at radius 1 is 1.10 bits per heavy atom. The Morgan fingerprint density at radius 2 is 1.67 bits per heavy atom. The zero-order valence-electron chi connectivity index (χ0n) is 13.4. The molecule has 0 aliphatic heterocycles. The van der Waals surface area contributed by atoms with Crippen molar-refractivity contribution in [3.63, 3.8) is 0 Å². The summed E-state index contributed by atoms with van der Waals surface area (Å²) in [5.74, 6) is -0.983. The highest BCUT2D eigenvalue weighted by Gasteiger charge is 2.23. The number of hydrogen-bond acceptors (Lipinski definition) is 3. The van der Waals surface area contributed by atoms with Gasteiger partial charge in [0, 0.05) is 5.69 Å². The fraction of sp³-hybridized carbons (Fsp3) is 0.500. The summed E-state index contributed by atoms with van der Waals surface area (Å²) >= 11 is 0. The van der Waals surface area contributed by atoms with E-state index in [0.29, 0.717) is 11.3 Å². The molecular weight excluding hydrogens is 270 g/mol. The number of aromatic carboxylic acids is 1. The molecule has 1 aromatic rings. The third-order valence-corrected chi connectivity index (χ3v) is 2.70. The number of nitrogens with one attached hydrogen (secondary N) is 1. The molecule has 0 aliphatic rings. The first-order valence-electron chi connectivity index (χ1n) is 6.78. The second-order valence-corrected chi connectivity index (χ2v) is 6.94. The molecule has 0 atom stereocenters. The fourth-order valence-electron chi connectivity index (χ4n) is 1.85. The number of ether oxygens (including phenoxy) is 1. The molecule has 0 saturated heterocycles. The lowest BCUT2D eigenvalue weighted by atomic mass is 9.83. The van der Waals surface area contributed by atoms with Crippen molar-refractivity contribution in [1.82, 2.24) is 0 Å². The van der Waals surface area contributed by atoms with Gasteiger partial charge in [0.2, 0.25) is 0 Å². The van der Waals surface area contributed by atoms with Crippen molar-refractivity contribution in [2.24, 2.45) is 0 Å². The summed E-state index contributed by atoms with van der Waals surface area (Å²) in [4.78, 5) is 23.0. The van der Waals surface area contributed by atoms with Crippen LogP contribution < -0.4 is 5.32 Å². The number of anilines is 1. The minimum absolute atomic E-state index is 0.234. The van der Waals surface area contributed by atoms with Crippen molar-refractivity contribution in [2.75, 3.05) is 5.32 Å². The third kappa shape index (κ3) is 5.10. The van der Waals surface area contributed by atoms with Crippen LogP contribution in [0.25, 0.3) is 0 Å². The first-order valence-corrected chi connectivity index (χ1v) is 6.78. The maximum atomic E-state index is 11.8. The van der Waals surface area contributed by atoms with Gasteiger partial charge >= 0.3 is 12.1 Å². The summed E-state index contributed by atoms with van der Waals surface area (Å²) < 4.78 is 5.18. The van der Waals surface area contributed by atoms with Gasteiger partial charge < -0.3 is 9.84 Å². The van der Waals surface area contributed by atoms with Crippen LogP contribution in [0, 0.1) is 0 Å². The standard InChI is InChI=1S/C16H23NO4/c1-15(2,3)12-9-10(7-8-11(12)13(18)19)17-14(20)21-16(4,5)6/h7-9H,1-6H3,(H,17,20)(H,18,19). The van der Waals surface area contributed by atoms with Gasteiger partial charge in [-0.05, 0) is 49.9 Å². The van der Waals surface area contributed by atoms with E-state index in [2.05, 4.69) is 5.32 Å². The van der Waals surface area contributed by atoms with Gasteiger partial charge in [-0.15, -0.1) is 0 Å². The molecule has 0 saturated carbocycles. The van der Waals surface area contributed by atoms with Crippen LogP contribution in [0.2, 0.25) is 0 Å². The molecule has 0 unspecified atom stereocenters. The second kappa shape index (κ2) is 5.76. The number of hydrogen-bond donors (Lipinski definition) is 2. The summed E-state index contributed by atoms with van der Waals surface area (Å²) in [6, 6.07) is 4.73. The number of carboxylic acid groups (broad SMARTS) is 1. The zero-order valence-corrected chi connectivity index (χ0v) is 13.4. The molecule has 0 spiro atoms. The Balaban J connectivity index is 3.07. The van der Waals surface area contributed by atoms with Crippen LogP contribution in [0.5, 0.6) is 0 Å². The molecule has 5 nitrogen and oxygen atoms in total. The van der Waals surface area contributed by atoms with Crippen molar-refractivity contribution in [3.05, 3.63) is 29.3 Å². The van der Waals surface area contributed by atoms with Gasteiger partial charge in [0.1, 0.15) is 5.60 Å². The van der Waals surface area contributed by atoms with Crippen LogP contribution in [-0.4, -0.2) is 22.8 Å². The molecular formula is C16H23NO4. The van der Waals surface area contributed by atoms with Gasteiger partial charge in [0.25, 0.3) is 0 Å². The van der Waals surface area contributed by atoms with E-state index in [1.54, 1.807) is 32.9 Å². The van der Waals surface area contributed by atoms with E-state index in [1.165, 1.54) is 6.07 Å². The normalized spacial score (nSPS) is 11.9. The zero-order chi connectivity index (χ0) is 16.4. The van der Waals surface area contributed by atoms with Gasteiger partial charge in [0.15, 0.2) is 0 Å². The van der Waals surface area contributed by atoms with E-state index in [9.17, 15) is 14.7 Å². The van der Waals surface area contributed by atoms with Crippen LogP contribution >= 0.6 is 0 Å². The summed E-state index contributed by atoms with van der Waals surface area (Å²) in [5.41, 5.74) is 0.470. The van der Waals surface area contributed by atoms with Crippen LogP contribution in [0.1, 0.15) is 57.5 Å². The average molecular weight is 293 g/mol. The summed E-state index contributed by atoms with van der Waals surface area (Å²) in [6.07, 6.45) is -0.564. The molecule has 1 aromatic carbocycles. The monoisotopic (exact) mass is 293 g/mol. The van der Waals surface area contributed by atoms with E-state index >= 15 is 0 Å². The summed E-state index contributed by atoms with van der Waals surface area (Å²) in [5, 5.41) is 11.9. The first-order chi connectivity index (χ1) is 9.40. The molecule has 1 amide bonds. The quantitative estimate of drug-likeness (QED) is 0.863. The predicted molar refractivity (Wildman–Crippen MR) is 82.0 cm³/mol. The van der Waals surface area contributed by atoms with Crippen molar-refractivity contribution in [1.29, 1.82) is 0 Å². The molecule has 5 heteroatoms. The van der Waals surface area contributed by atoms with E-state index < -0.39 is 17.7 Å². The van der Waals surface area contributed by atoms with Gasteiger partial charge in [0.05, 0.1) is 5.56 Å². The first kappa shape index (κ1) is 17.0. The summed E-state index contributed by atoms with van der Waals surface area (Å²) in [7, 11) is 0. The molecule has 1 rings (SSSR count). The Labute approximate surface area is 125 Å². The topological polar surface area (TPSA) is 75.6 Å². The van der Waals surface area contributed by atoms with Gasteiger partial charge in [-0.25, -0.2) is 9.59 Å². The van der Waals surface area contributed by atoms with E-state index in [4.69, 9.17) is 4.74 Å². The third-order valence-electron chi connectivity index (χ3n) is 2.70. The van der Waals surface area contributed by atoms with E-state index in [0.717, 1.165) is 0 Å². The van der Waals surface area contributed by atoms with Gasteiger partial charge in [-0.1, -0.05) is 20.8 Å². The number of carbonyl (C=O) groups excluding carboxylic acids is 1. The molecule has 0 aliphatic carbocycles. The number of carbonyl (C=O) groups is 2. The minimum atomic E-state index is -0.983. The lowest BCUT2D eigenvalue weighted by molar-refractivity contribution is 0.0634. The summed E-state index contributed by atoms with van der Waals surface area (Å²) in [6.45, 7) is 11.1. The smallest absolute Gasteiger partial charge is 0.412 e. The van der Waals surface area contributed by atoms with Crippen molar-refractivity contribution in [3.8, 4) is 0 Å². The predicted octanol–water partition coefficient (Wildman–Crippen LogP) is 4.03. The van der Waals surface area contributed by atoms with Gasteiger partial charge in [-0.3, -0.25) is 5.32 Å². The Bertz CT molecular complexity index is 550. The SMILES string of the molecule is CC(C)(C)OC(=O)Nc1ccc(C(=O)O)c(C(C)(C)C)c1. The number of benzene rings is 1. The Kier molecular flexibility index (Phi) is 4.66. The van der Waals surface area contributed by atoms with Crippen molar-refractivity contribution < 1.29 is 19.4 Å². The molecule has 21 heavy (non-hydrogen) atoms. The fourth-order valence-corrected chi connectivity index (χ4v) is 1.85. The molecule has 2 N–H and O–H groups in total. The van der Waals surface area contributed by atoms with E-state index in [1.807, 2.05) is 20.8 Å². The highest BCUT2D eigenvalue weighted by atomic mass is 16.6. The lowest BCUT2D eigenvalue weighted by Gasteiger charge is -2.23. The molecule has 0 heterocycles. The lowest BCUT2D eigenvalue weighted by Crippen LogP contribution is -2.27. The van der Waals surface area contributed by atoms with E-state index in [-0.39, 0.29) is 11.0 Å². The molecule has 0 aromatic heterocycles. The van der Waals surface area contributed by atoms with Crippen LogP contribution in [0.3, 0.4) is 0 Å². The van der Waals surface area contributed by atoms with Crippen LogP contribution in [0.4, 0.5) is 10.5 Å². The maximum Gasteiger partial charge on any atom is 0.412 e. The molecule has 0 fully saturated rings. The molecule has 116 valence electrons. The highest BCUT2D eigenvalue weighted by molar-refractivity contribution is 5.92. The van der Waals surface area contributed by atoms with Crippen molar-refractivity contribution >= 4 is 17.7 Å². The Morgan fingerprint density at radius 3 is 2.10 bits per heavy atom. The minimum Gasteiger partial charge on any atom is -0.478 e. The number of carboxylic acids is 1. The van der Waals surface area contributed by atoms with Crippen LogP contribution in [0.15, 0.2) is 18.2 Å². The maximum absolute atomic E-state index is 11.8. The number of amides is 1. The number of rotatable bonds is 2. The second-order valence-electron chi connectivity index (χ2n) is 6.94. The van der Waals surface area contributed by atoms with Crippen LogP contribution in [-0.2, 0) is 10.2 Å². The molecule has 0 radical (unpaired) electrons. The molecule has 0 bridgehead atoms. The largest absolute Gasteiger partial charge is 0.478 e. The average Bonchev–Trinajstić information content (AvgIpc) is 2.24. The van der Waals surface area contributed by atoms with Crippen molar-refractivity contribution in [2.45, 2.75) is 52.6 Å². The highest BCUT2D eigenvalue weighted by Crippen LogP contribution is 2.29. The van der Waals surface area contributed by atoms with Gasteiger partial charge in [-0.2, -0.15) is 0 Å².